The Balaban J connectivity index is 1.45. The van der Waals surface area contributed by atoms with Crippen molar-refractivity contribution in [1.82, 2.24) is 34.5 Å². The van der Waals surface area contributed by atoms with Crippen LogP contribution in [0, 0.1) is 0 Å². The molecule has 1 N–H and O–H groups in total. The summed E-state index contributed by atoms with van der Waals surface area (Å²) >= 11 is 3.52. The van der Waals surface area contributed by atoms with Crippen LogP contribution in [0.1, 0.15) is 6.42 Å². The van der Waals surface area contributed by atoms with Crippen LogP contribution < -0.4 is 5.32 Å². The molecule has 0 saturated carbocycles. The molecule has 3 aromatic heterocycles. The number of fused-ring (bicyclic) bond motifs is 2. The van der Waals surface area contributed by atoms with E-state index < -0.39 is 0 Å². The normalized spacial score (nSPS) is 16.2. The molecule has 5 rings (SSSR count). The van der Waals surface area contributed by atoms with Crippen LogP contribution in [0.2, 0.25) is 0 Å². The van der Waals surface area contributed by atoms with E-state index in [1.54, 1.807) is 36.1 Å². The van der Waals surface area contributed by atoms with Gasteiger partial charge in [-0.15, -0.1) is 0 Å². The Morgan fingerprint density at radius 3 is 2.97 bits per heavy atom. The SMILES string of the molecule is CN(C)C(=O)N1CCC(Nc2ncc3c(Br)nn(-c4ccc5ncccc5c4)c3n2)C1. The van der Waals surface area contributed by atoms with E-state index >= 15 is 0 Å². The molecule has 0 bridgehead atoms. The van der Waals surface area contributed by atoms with Gasteiger partial charge in [-0.2, -0.15) is 10.1 Å². The van der Waals surface area contributed by atoms with Gasteiger partial charge in [0.1, 0.15) is 4.60 Å². The van der Waals surface area contributed by atoms with E-state index in [4.69, 9.17) is 4.98 Å². The summed E-state index contributed by atoms with van der Waals surface area (Å²) in [6.07, 6.45) is 4.39. The third kappa shape index (κ3) is 3.67. The van der Waals surface area contributed by atoms with Crippen molar-refractivity contribution in [2.45, 2.75) is 12.5 Å². The molecule has 158 valence electrons. The van der Waals surface area contributed by atoms with E-state index in [9.17, 15) is 4.79 Å². The van der Waals surface area contributed by atoms with Gasteiger partial charge in [-0.05, 0) is 46.6 Å². The number of carbonyl (C=O) groups excluding carboxylic acids is 1. The van der Waals surface area contributed by atoms with E-state index in [1.165, 1.54) is 0 Å². The number of nitrogens with zero attached hydrogens (tertiary/aromatic N) is 7. The summed E-state index contributed by atoms with van der Waals surface area (Å²) in [7, 11) is 3.53. The molecule has 0 spiro atoms. The second-order valence-corrected chi connectivity index (χ2v) is 8.52. The second-order valence-electron chi connectivity index (χ2n) is 7.77. The van der Waals surface area contributed by atoms with Gasteiger partial charge in [0.05, 0.1) is 16.6 Å². The first-order valence-electron chi connectivity index (χ1n) is 9.99. The molecule has 1 atom stereocenters. The Bertz CT molecular complexity index is 1290. The lowest BCUT2D eigenvalue weighted by atomic mass is 10.2. The summed E-state index contributed by atoms with van der Waals surface area (Å²) < 4.78 is 2.49. The number of carbonyl (C=O) groups is 1. The Morgan fingerprint density at radius 2 is 2.13 bits per heavy atom. The number of likely N-dealkylation sites (tertiary alicyclic amines) is 1. The molecule has 9 nitrogen and oxygen atoms in total. The van der Waals surface area contributed by atoms with Crippen molar-refractivity contribution in [1.29, 1.82) is 0 Å². The maximum Gasteiger partial charge on any atom is 0.319 e. The summed E-state index contributed by atoms with van der Waals surface area (Å²) in [4.78, 5) is 29.2. The van der Waals surface area contributed by atoms with E-state index in [1.807, 2.05) is 35.2 Å². The Kier molecular flexibility index (Phi) is 4.93. The fourth-order valence-corrected chi connectivity index (χ4v) is 4.27. The molecule has 1 aromatic carbocycles. The standard InChI is InChI=1S/C21H21BrN8O/c1-28(2)21(31)29-9-7-14(12-29)25-20-24-11-16-18(22)27-30(19(16)26-20)15-5-6-17-13(10-15)4-3-8-23-17/h3-6,8,10-11,14H,7,9,12H2,1-2H3,(H,24,25,26). The Labute approximate surface area is 187 Å². The third-order valence-corrected chi connectivity index (χ3v) is 5.97. The predicted octanol–water partition coefficient (Wildman–Crippen LogP) is 3.29. The van der Waals surface area contributed by atoms with E-state index in [0.717, 1.165) is 28.4 Å². The van der Waals surface area contributed by atoms with Crippen LogP contribution in [0.25, 0.3) is 27.6 Å². The molecule has 10 heteroatoms. The summed E-state index contributed by atoms with van der Waals surface area (Å²) in [5.74, 6) is 0.521. The highest BCUT2D eigenvalue weighted by molar-refractivity contribution is 9.10. The average Bonchev–Trinajstić information content (AvgIpc) is 3.37. The molecular formula is C21H21BrN8O. The fraction of sp³-hybridized carbons (Fsp3) is 0.286. The summed E-state index contributed by atoms with van der Waals surface area (Å²) in [5.41, 5.74) is 2.52. The zero-order valence-corrected chi connectivity index (χ0v) is 18.7. The number of nitrogens with one attached hydrogen (secondary N) is 1. The summed E-state index contributed by atoms with van der Waals surface area (Å²) in [6, 6.07) is 10.1. The van der Waals surface area contributed by atoms with Gasteiger partial charge in [0.2, 0.25) is 5.95 Å². The largest absolute Gasteiger partial charge is 0.350 e. The van der Waals surface area contributed by atoms with Gasteiger partial charge in [-0.1, -0.05) is 6.07 Å². The van der Waals surface area contributed by atoms with Crippen molar-refractivity contribution >= 4 is 49.8 Å². The van der Waals surface area contributed by atoms with Crippen LogP contribution in [-0.2, 0) is 0 Å². The summed E-state index contributed by atoms with van der Waals surface area (Å²) in [6.45, 7) is 1.34. The summed E-state index contributed by atoms with van der Waals surface area (Å²) in [5, 5.41) is 9.85. The van der Waals surface area contributed by atoms with Crippen LogP contribution in [0.5, 0.6) is 0 Å². The number of amides is 2. The van der Waals surface area contributed by atoms with Gasteiger partial charge in [0, 0.05) is 51.0 Å². The number of urea groups is 1. The monoisotopic (exact) mass is 480 g/mol. The number of hydrogen-bond donors (Lipinski definition) is 1. The molecule has 1 aliphatic heterocycles. The molecule has 1 unspecified atom stereocenters. The van der Waals surface area contributed by atoms with Crippen molar-refractivity contribution in [3.63, 3.8) is 0 Å². The zero-order chi connectivity index (χ0) is 21.5. The lowest BCUT2D eigenvalue weighted by Gasteiger charge is -2.21. The molecule has 0 aliphatic carbocycles. The van der Waals surface area contributed by atoms with Crippen molar-refractivity contribution in [2.75, 3.05) is 32.5 Å². The van der Waals surface area contributed by atoms with Crippen LogP contribution in [0.15, 0.2) is 47.3 Å². The topological polar surface area (TPSA) is 92.1 Å². The highest BCUT2D eigenvalue weighted by atomic mass is 79.9. The van der Waals surface area contributed by atoms with Gasteiger partial charge in [0.25, 0.3) is 0 Å². The minimum Gasteiger partial charge on any atom is -0.350 e. The number of hydrogen-bond acceptors (Lipinski definition) is 6. The fourth-order valence-electron chi connectivity index (χ4n) is 3.83. The molecule has 0 radical (unpaired) electrons. The molecule has 4 heterocycles. The number of rotatable bonds is 3. The van der Waals surface area contributed by atoms with Crippen molar-refractivity contribution in [3.05, 3.63) is 47.3 Å². The van der Waals surface area contributed by atoms with Gasteiger partial charge in [-0.25, -0.2) is 14.5 Å². The van der Waals surface area contributed by atoms with E-state index in [0.29, 0.717) is 29.3 Å². The average molecular weight is 481 g/mol. The third-order valence-electron chi connectivity index (χ3n) is 5.39. The van der Waals surface area contributed by atoms with Gasteiger partial charge >= 0.3 is 6.03 Å². The second kappa shape index (κ2) is 7.77. The van der Waals surface area contributed by atoms with E-state index in [2.05, 4.69) is 36.3 Å². The number of anilines is 1. The van der Waals surface area contributed by atoms with Crippen LogP contribution >= 0.6 is 15.9 Å². The smallest absolute Gasteiger partial charge is 0.319 e. The van der Waals surface area contributed by atoms with Gasteiger partial charge < -0.3 is 15.1 Å². The van der Waals surface area contributed by atoms with Crippen molar-refractivity contribution < 1.29 is 4.79 Å². The van der Waals surface area contributed by atoms with Crippen molar-refractivity contribution in [2.24, 2.45) is 0 Å². The maximum absolute atomic E-state index is 12.2. The lowest BCUT2D eigenvalue weighted by Crippen LogP contribution is -2.38. The first kappa shape index (κ1) is 19.7. The predicted molar refractivity (Wildman–Crippen MR) is 122 cm³/mol. The molecule has 1 fully saturated rings. The number of pyridine rings is 1. The maximum atomic E-state index is 12.2. The van der Waals surface area contributed by atoms with Crippen LogP contribution in [0.4, 0.5) is 10.7 Å². The molecule has 31 heavy (non-hydrogen) atoms. The molecule has 4 aromatic rings. The number of aromatic nitrogens is 5. The molecular weight excluding hydrogens is 460 g/mol. The van der Waals surface area contributed by atoms with E-state index in [-0.39, 0.29) is 12.1 Å². The quantitative estimate of drug-likeness (QED) is 0.483. The molecule has 1 aliphatic rings. The van der Waals surface area contributed by atoms with Gasteiger partial charge in [-0.3, -0.25) is 4.98 Å². The first-order valence-corrected chi connectivity index (χ1v) is 10.8. The van der Waals surface area contributed by atoms with Crippen LogP contribution in [0.3, 0.4) is 0 Å². The number of halogens is 1. The van der Waals surface area contributed by atoms with Crippen molar-refractivity contribution in [3.8, 4) is 5.69 Å². The molecule has 2 amide bonds. The number of benzene rings is 1. The first-order chi connectivity index (χ1) is 15.0. The highest BCUT2D eigenvalue weighted by Crippen LogP contribution is 2.26. The highest BCUT2D eigenvalue weighted by Gasteiger charge is 2.27. The molecule has 1 saturated heterocycles. The Hall–Kier alpha value is -3.27. The van der Waals surface area contributed by atoms with Crippen LogP contribution in [-0.4, -0.2) is 73.8 Å². The minimum atomic E-state index is 0.0217. The minimum absolute atomic E-state index is 0.0217. The zero-order valence-electron chi connectivity index (χ0n) is 17.2. The lowest BCUT2D eigenvalue weighted by molar-refractivity contribution is 0.181. The van der Waals surface area contributed by atoms with Gasteiger partial charge in [0.15, 0.2) is 5.65 Å². The Morgan fingerprint density at radius 1 is 1.26 bits per heavy atom.